The molecule has 3 saturated heterocycles. The number of amides is 3. The molecule has 0 saturated carbocycles. The van der Waals surface area contributed by atoms with Gasteiger partial charge in [-0.2, -0.15) is 0 Å². The molecular weight excluding hydrogens is 366 g/mol. The number of furan rings is 1. The molecule has 1 aromatic rings. The van der Waals surface area contributed by atoms with Gasteiger partial charge in [-0.3, -0.25) is 19.3 Å². The van der Waals surface area contributed by atoms with Crippen LogP contribution in [0.25, 0.3) is 6.08 Å². The predicted molar refractivity (Wildman–Crippen MR) is 103 cm³/mol. The lowest BCUT2D eigenvalue weighted by Gasteiger charge is -2.25. The molecule has 0 atom stereocenters. The maximum atomic E-state index is 12.6. The van der Waals surface area contributed by atoms with E-state index in [1.807, 2.05) is 12.1 Å². The van der Waals surface area contributed by atoms with Crippen LogP contribution >= 0.6 is 11.8 Å². The van der Waals surface area contributed by atoms with Crippen molar-refractivity contribution in [3.8, 4) is 0 Å². The molecule has 0 aromatic carbocycles. The Bertz CT molecular complexity index is 776. The van der Waals surface area contributed by atoms with Gasteiger partial charge in [-0.25, -0.2) is 0 Å². The Labute approximate surface area is 162 Å². The van der Waals surface area contributed by atoms with Crippen molar-refractivity contribution in [3.05, 3.63) is 22.8 Å². The third-order valence-electron chi connectivity index (χ3n) is 5.18. The summed E-state index contributed by atoms with van der Waals surface area (Å²) in [5.41, 5.74) is 0. The maximum Gasteiger partial charge on any atom is 0.294 e. The van der Waals surface area contributed by atoms with Gasteiger partial charge in [0.2, 0.25) is 5.91 Å². The topological polar surface area (TPSA) is 74.1 Å². The normalized spacial score (nSPS) is 22.4. The Morgan fingerprint density at radius 3 is 2.48 bits per heavy atom. The lowest BCUT2D eigenvalue weighted by molar-refractivity contribution is -0.135. The molecule has 1 aromatic heterocycles. The highest BCUT2D eigenvalue weighted by Crippen LogP contribution is 2.33. The monoisotopic (exact) mass is 389 g/mol. The van der Waals surface area contributed by atoms with Gasteiger partial charge in [0, 0.05) is 38.3 Å². The number of piperidine rings is 1. The van der Waals surface area contributed by atoms with Crippen molar-refractivity contribution in [1.82, 2.24) is 9.80 Å². The van der Waals surface area contributed by atoms with Gasteiger partial charge < -0.3 is 14.2 Å². The zero-order valence-electron chi connectivity index (χ0n) is 15.2. The molecule has 0 bridgehead atoms. The largest absolute Gasteiger partial charge is 0.441 e. The van der Waals surface area contributed by atoms with Crippen molar-refractivity contribution >= 4 is 40.8 Å². The van der Waals surface area contributed by atoms with Crippen molar-refractivity contribution in [1.29, 1.82) is 0 Å². The second-order valence-corrected chi connectivity index (χ2v) is 8.07. The molecule has 3 aliphatic rings. The van der Waals surface area contributed by atoms with Crippen LogP contribution in [0.5, 0.6) is 0 Å². The maximum absolute atomic E-state index is 12.6. The number of carbonyl (C=O) groups excluding carboxylic acids is 3. The Morgan fingerprint density at radius 1 is 1.04 bits per heavy atom. The third kappa shape index (κ3) is 3.90. The molecule has 0 N–H and O–H groups in total. The van der Waals surface area contributed by atoms with Crippen LogP contribution in [0.4, 0.5) is 10.7 Å². The number of hydrogen-bond acceptors (Lipinski definition) is 6. The Hall–Kier alpha value is -2.22. The molecule has 27 heavy (non-hydrogen) atoms. The number of hydrogen-bond donors (Lipinski definition) is 0. The van der Waals surface area contributed by atoms with E-state index < -0.39 is 11.1 Å². The lowest BCUT2D eigenvalue weighted by Crippen LogP contribution is -2.40. The highest BCUT2D eigenvalue weighted by molar-refractivity contribution is 8.18. The van der Waals surface area contributed by atoms with Crippen LogP contribution in [0.15, 0.2) is 21.5 Å². The average Bonchev–Trinajstić information content (AvgIpc) is 3.41. The molecule has 0 radical (unpaired) electrons. The van der Waals surface area contributed by atoms with Crippen LogP contribution in [0.1, 0.15) is 37.9 Å². The van der Waals surface area contributed by atoms with Crippen molar-refractivity contribution in [3.63, 3.8) is 0 Å². The van der Waals surface area contributed by atoms with E-state index in [4.69, 9.17) is 4.42 Å². The number of nitrogens with zero attached hydrogens (tertiary/aromatic N) is 3. The zero-order valence-corrected chi connectivity index (χ0v) is 16.0. The molecule has 3 amide bonds. The third-order valence-corrected chi connectivity index (χ3v) is 6.09. The fourth-order valence-electron chi connectivity index (χ4n) is 3.67. The molecule has 0 unspecified atom stereocenters. The smallest absolute Gasteiger partial charge is 0.294 e. The number of likely N-dealkylation sites (tertiary alicyclic amines) is 1. The van der Waals surface area contributed by atoms with Crippen LogP contribution in [-0.2, 0) is 9.59 Å². The summed E-state index contributed by atoms with van der Waals surface area (Å²) in [6.45, 7) is 3.18. The zero-order chi connectivity index (χ0) is 18.8. The van der Waals surface area contributed by atoms with Crippen LogP contribution in [0, 0.1) is 0 Å². The fourth-order valence-corrected chi connectivity index (χ4v) is 4.49. The summed E-state index contributed by atoms with van der Waals surface area (Å²) in [4.78, 5) is 42.3. The standard InChI is InChI=1S/C19H23N3O4S/c23-16(20-8-4-5-9-20)13-22-18(24)15(27-19(22)25)12-14-6-7-17(26-14)21-10-2-1-3-11-21/h6-7,12H,1-5,8-11,13H2. The van der Waals surface area contributed by atoms with Gasteiger partial charge in [0.25, 0.3) is 11.1 Å². The molecule has 144 valence electrons. The Balaban J connectivity index is 1.43. The second kappa shape index (κ2) is 7.80. The summed E-state index contributed by atoms with van der Waals surface area (Å²) < 4.78 is 5.85. The van der Waals surface area contributed by atoms with Crippen LogP contribution in [-0.4, -0.2) is 59.6 Å². The van der Waals surface area contributed by atoms with E-state index in [-0.39, 0.29) is 12.5 Å². The Morgan fingerprint density at radius 2 is 1.74 bits per heavy atom. The first-order valence-corrected chi connectivity index (χ1v) is 10.3. The summed E-state index contributed by atoms with van der Waals surface area (Å²) in [6, 6.07) is 3.71. The molecule has 3 aliphatic heterocycles. The van der Waals surface area contributed by atoms with Gasteiger partial charge in [-0.05, 0) is 49.9 Å². The van der Waals surface area contributed by atoms with Gasteiger partial charge >= 0.3 is 0 Å². The first-order chi connectivity index (χ1) is 13.1. The summed E-state index contributed by atoms with van der Waals surface area (Å²) in [6.07, 6.45) is 7.10. The van der Waals surface area contributed by atoms with E-state index in [0.717, 1.165) is 61.3 Å². The Kier molecular flexibility index (Phi) is 5.24. The minimum absolute atomic E-state index is 0.165. The van der Waals surface area contributed by atoms with Crippen molar-refractivity contribution < 1.29 is 18.8 Å². The molecule has 7 nitrogen and oxygen atoms in total. The van der Waals surface area contributed by atoms with Gasteiger partial charge in [0.05, 0.1) is 4.91 Å². The average molecular weight is 389 g/mol. The van der Waals surface area contributed by atoms with E-state index in [2.05, 4.69) is 4.90 Å². The quantitative estimate of drug-likeness (QED) is 0.737. The first kappa shape index (κ1) is 18.2. The molecule has 8 heteroatoms. The van der Waals surface area contributed by atoms with Gasteiger partial charge in [0.1, 0.15) is 12.3 Å². The number of anilines is 1. The molecule has 0 spiro atoms. The van der Waals surface area contributed by atoms with E-state index in [0.29, 0.717) is 23.8 Å². The predicted octanol–water partition coefficient (Wildman–Crippen LogP) is 2.93. The number of rotatable bonds is 4. The summed E-state index contributed by atoms with van der Waals surface area (Å²) in [5.74, 6) is 0.756. The lowest BCUT2D eigenvalue weighted by atomic mass is 10.1. The van der Waals surface area contributed by atoms with Crippen LogP contribution in [0.3, 0.4) is 0 Å². The van der Waals surface area contributed by atoms with Crippen LogP contribution < -0.4 is 4.90 Å². The highest BCUT2D eigenvalue weighted by Gasteiger charge is 2.37. The van der Waals surface area contributed by atoms with Crippen molar-refractivity contribution in [2.45, 2.75) is 32.1 Å². The number of carbonyl (C=O) groups is 3. The van der Waals surface area contributed by atoms with Crippen molar-refractivity contribution in [2.24, 2.45) is 0 Å². The van der Waals surface area contributed by atoms with Gasteiger partial charge in [-0.1, -0.05) is 0 Å². The summed E-state index contributed by atoms with van der Waals surface area (Å²) in [5, 5.41) is -0.401. The van der Waals surface area contributed by atoms with Crippen molar-refractivity contribution in [2.75, 3.05) is 37.6 Å². The minimum Gasteiger partial charge on any atom is -0.441 e. The van der Waals surface area contributed by atoms with E-state index in [1.165, 1.54) is 6.42 Å². The van der Waals surface area contributed by atoms with E-state index in [1.54, 1.807) is 11.0 Å². The molecule has 0 aliphatic carbocycles. The van der Waals surface area contributed by atoms with E-state index in [9.17, 15) is 14.4 Å². The fraction of sp³-hybridized carbons (Fsp3) is 0.526. The van der Waals surface area contributed by atoms with Crippen LogP contribution in [0.2, 0.25) is 0 Å². The van der Waals surface area contributed by atoms with Gasteiger partial charge in [0.15, 0.2) is 5.88 Å². The minimum atomic E-state index is -0.423. The van der Waals surface area contributed by atoms with Gasteiger partial charge in [-0.15, -0.1) is 0 Å². The van der Waals surface area contributed by atoms with E-state index >= 15 is 0 Å². The number of imide groups is 1. The highest BCUT2D eigenvalue weighted by atomic mass is 32.2. The number of thioether (sulfide) groups is 1. The molecule has 3 fully saturated rings. The first-order valence-electron chi connectivity index (χ1n) is 9.50. The summed E-state index contributed by atoms with van der Waals surface area (Å²) in [7, 11) is 0. The molecule has 4 rings (SSSR count). The molecule has 4 heterocycles. The molecular formula is C19H23N3O4S. The SMILES string of the molecule is O=C(CN1C(=O)SC(=Cc2ccc(N3CCCCC3)o2)C1=O)N1CCCC1. The second-order valence-electron chi connectivity index (χ2n) is 7.08. The summed E-state index contributed by atoms with van der Waals surface area (Å²) >= 11 is 0.860.